The van der Waals surface area contributed by atoms with Crippen LogP contribution in [-0.4, -0.2) is 31.1 Å². The SMILES string of the molecule is CCN(CC)CCO[C](OCl)c1ccccc1. The summed E-state index contributed by atoms with van der Waals surface area (Å²) in [5, 5.41) is 0. The Kier molecular flexibility index (Phi) is 7.21. The smallest absolute Gasteiger partial charge is 0.274 e. The summed E-state index contributed by atoms with van der Waals surface area (Å²) in [5.41, 5.74) is 0.849. The van der Waals surface area contributed by atoms with Crippen molar-refractivity contribution in [1.29, 1.82) is 0 Å². The van der Waals surface area contributed by atoms with Gasteiger partial charge < -0.3 is 9.64 Å². The summed E-state index contributed by atoms with van der Waals surface area (Å²) < 4.78 is 10.3. The lowest BCUT2D eigenvalue weighted by Crippen LogP contribution is -2.27. The zero-order chi connectivity index (χ0) is 12.5. The highest BCUT2D eigenvalue weighted by Gasteiger charge is 2.14. The standard InChI is InChI=1S/C13H19ClNO2/c1-3-15(4-2)10-11-16-13(17-14)12-8-6-5-7-9-12/h5-9H,3-4,10-11H2,1-2H3. The summed E-state index contributed by atoms with van der Waals surface area (Å²) in [6.07, 6.45) is 0.361. The molecular formula is C13H19ClNO2. The van der Waals surface area contributed by atoms with Crippen LogP contribution in [0.5, 0.6) is 0 Å². The summed E-state index contributed by atoms with van der Waals surface area (Å²) in [4.78, 5) is 2.27. The molecule has 0 bridgehead atoms. The Hall–Kier alpha value is -0.610. The number of halogens is 1. The third-order valence-electron chi connectivity index (χ3n) is 2.61. The molecule has 0 saturated carbocycles. The first kappa shape index (κ1) is 14.5. The predicted octanol–water partition coefficient (Wildman–Crippen LogP) is 3.05. The van der Waals surface area contributed by atoms with Gasteiger partial charge >= 0.3 is 0 Å². The van der Waals surface area contributed by atoms with Gasteiger partial charge in [0.2, 0.25) is 0 Å². The zero-order valence-electron chi connectivity index (χ0n) is 10.4. The van der Waals surface area contributed by atoms with Crippen molar-refractivity contribution in [3.05, 3.63) is 42.2 Å². The van der Waals surface area contributed by atoms with Crippen LogP contribution in [0.3, 0.4) is 0 Å². The van der Waals surface area contributed by atoms with E-state index in [0.717, 1.165) is 25.2 Å². The highest BCUT2D eigenvalue weighted by molar-refractivity contribution is 6.07. The summed E-state index contributed by atoms with van der Waals surface area (Å²) >= 11 is 5.41. The third kappa shape index (κ3) is 5.04. The van der Waals surface area contributed by atoms with Gasteiger partial charge in [0, 0.05) is 12.1 Å². The molecule has 1 radical (unpaired) electrons. The number of hydrogen-bond donors (Lipinski definition) is 0. The van der Waals surface area contributed by atoms with Crippen LogP contribution in [0.4, 0.5) is 0 Å². The van der Waals surface area contributed by atoms with Gasteiger partial charge in [0.15, 0.2) is 0 Å². The zero-order valence-corrected chi connectivity index (χ0v) is 11.1. The van der Waals surface area contributed by atoms with Crippen LogP contribution in [0.1, 0.15) is 19.4 Å². The molecule has 0 unspecified atom stereocenters. The number of rotatable bonds is 8. The van der Waals surface area contributed by atoms with Crippen LogP contribution in [-0.2, 0) is 9.03 Å². The largest absolute Gasteiger partial charge is 0.339 e. The fraction of sp³-hybridized carbons (Fsp3) is 0.462. The molecule has 0 amide bonds. The van der Waals surface area contributed by atoms with Crippen molar-refractivity contribution in [3.8, 4) is 0 Å². The number of benzene rings is 1. The van der Waals surface area contributed by atoms with Crippen LogP contribution < -0.4 is 0 Å². The summed E-state index contributed by atoms with van der Waals surface area (Å²) in [6, 6.07) is 9.56. The average Bonchev–Trinajstić information content (AvgIpc) is 2.40. The topological polar surface area (TPSA) is 21.7 Å². The highest BCUT2D eigenvalue weighted by atomic mass is 35.5. The molecule has 0 atom stereocenters. The second-order valence-corrected chi connectivity index (χ2v) is 3.76. The Labute approximate surface area is 108 Å². The van der Waals surface area contributed by atoms with E-state index >= 15 is 0 Å². The highest BCUT2D eigenvalue weighted by Crippen LogP contribution is 2.18. The lowest BCUT2D eigenvalue weighted by molar-refractivity contribution is 0.0370. The molecule has 4 heteroatoms. The maximum absolute atomic E-state index is 5.53. The van der Waals surface area contributed by atoms with Crippen molar-refractivity contribution < 1.29 is 9.03 Å². The summed E-state index contributed by atoms with van der Waals surface area (Å²) in [6.45, 7) is 7.72. The number of hydrogen-bond acceptors (Lipinski definition) is 3. The molecule has 0 fully saturated rings. The molecule has 0 aliphatic heterocycles. The van der Waals surface area contributed by atoms with Gasteiger partial charge in [0.1, 0.15) is 0 Å². The Balaban J connectivity index is 2.38. The normalized spacial score (nSPS) is 11.4. The molecule has 0 heterocycles. The molecular weight excluding hydrogens is 238 g/mol. The number of nitrogens with zero attached hydrogens (tertiary/aromatic N) is 1. The van der Waals surface area contributed by atoms with Gasteiger partial charge in [-0.15, -0.1) is 0 Å². The van der Waals surface area contributed by atoms with Crippen LogP contribution in [0, 0.1) is 6.29 Å². The molecule has 0 saturated heterocycles. The molecule has 1 aromatic carbocycles. The lowest BCUT2D eigenvalue weighted by Gasteiger charge is -2.19. The average molecular weight is 257 g/mol. The van der Waals surface area contributed by atoms with Gasteiger partial charge in [-0.3, -0.25) is 0 Å². The molecule has 0 N–H and O–H groups in total. The first-order chi connectivity index (χ1) is 8.31. The van der Waals surface area contributed by atoms with Crippen molar-refractivity contribution in [2.75, 3.05) is 26.2 Å². The fourth-order valence-corrected chi connectivity index (χ4v) is 1.67. The van der Waals surface area contributed by atoms with E-state index in [0.29, 0.717) is 12.9 Å². The van der Waals surface area contributed by atoms with E-state index in [1.807, 2.05) is 30.3 Å². The molecule has 0 aliphatic carbocycles. The predicted molar refractivity (Wildman–Crippen MR) is 69.5 cm³/mol. The van der Waals surface area contributed by atoms with Crippen molar-refractivity contribution in [2.24, 2.45) is 0 Å². The fourth-order valence-electron chi connectivity index (χ4n) is 1.53. The van der Waals surface area contributed by atoms with Crippen molar-refractivity contribution in [2.45, 2.75) is 13.8 Å². The monoisotopic (exact) mass is 256 g/mol. The van der Waals surface area contributed by atoms with Crippen LogP contribution in [0.25, 0.3) is 0 Å². The van der Waals surface area contributed by atoms with Crippen molar-refractivity contribution >= 4 is 11.9 Å². The van der Waals surface area contributed by atoms with E-state index in [-0.39, 0.29) is 0 Å². The van der Waals surface area contributed by atoms with Crippen LogP contribution in [0.15, 0.2) is 30.3 Å². The van der Waals surface area contributed by atoms with E-state index in [1.165, 1.54) is 0 Å². The Morgan fingerprint density at radius 3 is 2.35 bits per heavy atom. The molecule has 0 spiro atoms. The molecule has 0 aliphatic rings. The minimum Gasteiger partial charge on any atom is -0.339 e. The molecule has 1 aromatic rings. The van der Waals surface area contributed by atoms with E-state index in [4.69, 9.17) is 20.9 Å². The van der Waals surface area contributed by atoms with Gasteiger partial charge in [-0.25, -0.2) is 4.29 Å². The lowest BCUT2D eigenvalue weighted by atomic mass is 10.2. The summed E-state index contributed by atoms with van der Waals surface area (Å²) in [5.74, 6) is 0. The van der Waals surface area contributed by atoms with E-state index in [1.54, 1.807) is 0 Å². The minimum atomic E-state index is 0.361. The van der Waals surface area contributed by atoms with E-state index < -0.39 is 0 Å². The number of ether oxygens (including phenoxy) is 1. The molecule has 95 valence electrons. The Morgan fingerprint density at radius 2 is 1.82 bits per heavy atom. The van der Waals surface area contributed by atoms with E-state index in [2.05, 4.69) is 18.7 Å². The first-order valence-corrected chi connectivity index (χ1v) is 6.18. The first-order valence-electron chi connectivity index (χ1n) is 5.87. The van der Waals surface area contributed by atoms with Gasteiger partial charge in [-0.05, 0) is 13.1 Å². The van der Waals surface area contributed by atoms with Crippen molar-refractivity contribution in [1.82, 2.24) is 4.90 Å². The second-order valence-electron chi connectivity index (χ2n) is 3.61. The van der Waals surface area contributed by atoms with Crippen molar-refractivity contribution in [3.63, 3.8) is 0 Å². The second kappa shape index (κ2) is 8.48. The third-order valence-corrected chi connectivity index (χ3v) is 2.75. The molecule has 0 aromatic heterocycles. The van der Waals surface area contributed by atoms with E-state index in [9.17, 15) is 0 Å². The minimum absolute atomic E-state index is 0.361. The Morgan fingerprint density at radius 1 is 1.18 bits per heavy atom. The maximum atomic E-state index is 5.53. The van der Waals surface area contributed by atoms with Gasteiger partial charge in [0.05, 0.1) is 18.5 Å². The van der Waals surface area contributed by atoms with Gasteiger partial charge in [0.25, 0.3) is 6.29 Å². The van der Waals surface area contributed by atoms with Crippen LogP contribution in [0.2, 0.25) is 0 Å². The van der Waals surface area contributed by atoms with Crippen LogP contribution >= 0.6 is 11.9 Å². The summed E-state index contributed by atoms with van der Waals surface area (Å²) in [7, 11) is 0. The quantitative estimate of drug-likeness (QED) is 0.714. The van der Waals surface area contributed by atoms with Gasteiger partial charge in [-0.1, -0.05) is 44.2 Å². The molecule has 17 heavy (non-hydrogen) atoms. The number of likely N-dealkylation sites (N-methyl/N-ethyl adjacent to an activating group) is 1. The Bertz CT molecular complexity index is 291. The maximum Gasteiger partial charge on any atom is 0.274 e. The van der Waals surface area contributed by atoms with Gasteiger partial charge in [-0.2, -0.15) is 0 Å². The molecule has 1 rings (SSSR count). The molecule has 3 nitrogen and oxygen atoms in total.